The van der Waals surface area contributed by atoms with Crippen LogP contribution in [0, 0.1) is 0 Å². The molecule has 160 valence electrons. The van der Waals surface area contributed by atoms with Crippen molar-refractivity contribution in [3.05, 3.63) is 78.4 Å². The number of carbonyl (C=O) groups is 2. The van der Waals surface area contributed by atoms with Gasteiger partial charge in [0.1, 0.15) is 24.2 Å². The Labute approximate surface area is 181 Å². The molecule has 1 unspecified atom stereocenters. The van der Waals surface area contributed by atoms with Crippen LogP contribution in [-0.2, 0) is 10.3 Å². The molecule has 2 heterocycles. The van der Waals surface area contributed by atoms with E-state index in [9.17, 15) is 9.59 Å². The first-order chi connectivity index (χ1) is 15.0. The van der Waals surface area contributed by atoms with Crippen LogP contribution < -0.4 is 10.2 Å². The molecule has 0 spiro atoms. The van der Waals surface area contributed by atoms with E-state index < -0.39 is 5.54 Å². The minimum absolute atomic E-state index is 0.0822. The number of urea groups is 1. The van der Waals surface area contributed by atoms with Crippen LogP contribution in [0.5, 0.6) is 0 Å². The second kappa shape index (κ2) is 8.31. The maximum absolute atomic E-state index is 13.4. The van der Waals surface area contributed by atoms with Crippen LogP contribution in [0.3, 0.4) is 0 Å². The van der Waals surface area contributed by atoms with E-state index in [0.29, 0.717) is 6.42 Å². The summed E-state index contributed by atoms with van der Waals surface area (Å²) in [5, 5.41) is 7.09. The predicted molar refractivity (Wildman–Crippen MR) is 115 cm³/mol. The summed E-state index contributed by atoms with van der Waals surface area (Å²) < 4.78 is 1.70. The summed E-state index contributed by atoms with van der Waals surface area (Å²) in [4.78, 5) is 32.5. The standard InChI is InChI=1S/C23H26N6O2/c1-4-23(19-8-6-5-7-9-19)21(30)28(22(31)26-23)16-27(3)17(2)18-10-12-20(13-11-18)29-15-24-14-25-29/h5-15,17H,4,16H2,1-3H3,(H,26,31)/p+1/t17-,23+/m0/s1. The molecule has 0 saturated carbocycles. The molecule has 3 amide bonds. The SMILES string of the molecule is CC[C@]1(c2ccccc2)NC(=O)N(C[NH+](C)[C@@H](C)c2ccc(-n3cncn3)cc2)C1=O. The van der Waals surface area contributed by atoms with Gasteiger partial charge in [0, 0.05) is 5.56 Å². The number of hydrogen-bond donors (Lipinski definition) is 2. The number of nitrogens with one attached hydrogen (secondary N) is 2. The summed E-state index contributed by atoms with van der Waals surface area (Å²) in [6.45, 7) is 4.29. The largest absolute Gasteiger partial charge is 0.329 e. The van der Waals surface area contributed by atoms with Crippen molar-refractivity contribution in [1.29, 1.82) is 0 Å². The van der Waals surface area contributed by atoms with Crippen LogP contribution in [0.4, 0.5) is 4.79 Å². The van der Waals surface area contributed by atoms with Gasteiger partial charge in [-0.25, -0.2) is 19.4 Å². The van der Waals surface area contributed by atoms with Crippen LogP contribution in [0.15, 0.2) is 67.3 Å². The zero-order valence-corrected chi connectivity index (χ0v) is 17.9. The molecule has 2 N–H and O–H groups in total. The molecule has 4 rings (SSSR count). The third-order valence-corrected chi connectivity index (χ3v) is 6.20. The van der Waals surface area contributed by atoms with Crippen molar-refractivity contribution < 1.29 is 14.5 Å². The lowest BCUT2D eigenvalue weighted by Gasteiger charge is -2.28. The van der Waals surface area contributed by atoms with Crippen molar-refractivity contribution >= 4 is 11.9 Å². The van der Waals surface area contributed by atoms with E-state index in [1.165, 1.54) is 11.2 Å². The molecule has 0 radical (unpaired) electrons. The molecule has 31 heavy (non-hydrogen) atoms. The molecule has 8 heteroatoms. The number of imide groups is 1. The fourth-order valence-electron chi connectivity index (χ4n) is 4.06. The Morgan fingerprint density at radius 1 is 1.10 bits per heavy atom. The normalized spacial score (nSPS) is 20.5. The highest BCUT2D eigenvalue weighted by Crippen LogP contribution is 2.31. The molecule has 1 aliphatic rings. The van der Waals surface area contributed by atoms with Gasteiger partial charge in [-0.15, -0.1) is 0 Å². The van der Waals surface area contributed by atoms with Crippen LogP contribution >= 0.6 is 0 Å². The van der Waals surface area contributed by atoms with Gasteiger partial charge in [-0.2, -0.15) is 5.10 Å². The van der Waals surface area contributed by atoms with Crippen molar-refractivity contribution in [2.45, 2.75) is 31.8 Å². The first kappa shape index (κ1) is 20.7. The lowest BCUT2D eigenvalue weighted by molar-refractivity contribution is -0.917. The minimum atomic E-state index is -0.999. The molecule has 1 aromatic heterocycles. The lowest BCUT2D eigenvalue weighted by atomic mass is 9.87. The first-order valence-corrected chi connectivity index (χ1v) is 10.4. The van der Waals surface area contributed by atoms with Gasteiger partial charge in [-0.05, 0) is 31.0 Å². The van der Waals surface area contributed by atoms with Gasteiger partial charge < -0.3 is 10.2 Å². The van der Waals surface area contributed by atoms with E-state index in [1.54, 1.807) is 11.0 Å². The molecule has 1 aliphatic heterocycles. The molecule has 1 fully saturated rings. The van der Waals surface area contributed by atoms with Gasteiger partial charge in [-0.1, -0.05) is 49.4 Å². The highest BCUT2D eigenvalue weighted by molar-refractivity contribution is 6.07. The Bertz CT molecular complexity index is 1050. The fraction of sp³-hybridized carbons (Fsp3) is 0.304. The Morgan fingerprint density at radius 3 is 2.42 bits per heavy atom. The number of quaternary nitrogens is 1. The summed E-state index contributed by atoms with van der Waals surface area (Å²) in [7, 11) is 1.99. The van der Waals surface area contributed by atoms with Gasteiger partial charge >= 0.3 is 6.03 Å². The minimum Gasteiger partial charge on any atom is -0.319 e. The number of amides is 3. The molecule has 0 aliphatic carbocycles. The maximum Gasteiger partial charge on any atom is 0.329 e. The summed E-state index contributed by atoms with van der Waals surface area (Å²) in [5.74, 6) is -0.195. The average Bonchev–Trinajstić information content (AvgIpc) is 3.42. The number of rotatable bonds is 7. The monoisotopic (exact) mass is 419 g/mol. The lowest BCUT2D eigenvalue weighted by Crippen LogP contribution is -3.10. The van der Waals surface area contributed by atoms with Gasteiger partial charge in [-0.3, -0.25) is 4.79 Å². The topological polar surface area (TPSA) is 84.6 Å². The van der Waals surface area contributed by atoms with Crippen LogP contribution in [0.1, 0.15) is 37.4 Å². The second-order valence-electron chi connectivity index (χ2n) is 7.95. The third kappa shape index (κ3) is 3.70. The van der Waals surface area contributed by atoms with Crippen LogP contribution in [-0.4, -0.2) is 45.3 Å². The van der Waals surface area contributed by atoms with Crippen LogP contribution in [0.2, 0.25) is 0 Å². The van der Waals surface area contributed by atoms with Crippen molar-refractivity contribution in [3.8, 4) is 5.69 Å². The smallest absolute Gasteiger partial charge is 0.319 e. The van der Waals surface area contributed by atoms with E-state index in [0.717, 1.165) is 21.7 Å². The zero-order valence-electron chi connectivity index (χ0n) is 17.9. The highest BCUT2D eigenvalue weighted by atomic mass is 16.2. The van der Waals surface area contributed by atoms with Gasteiger partial charge in [0.05, 0.1) is 12.7 Å². The van der Waals surface area contributed by atoms with E-state index >= 15 is 0 Å². The Kier molecular flexibility index (Phi) is 5.56. The first-order valence-electron chi connectivity index (χ1n) is 10.4. The molecular formula is C23H27N6O2+. The van der Waals surface area contributed by atoms with Crippen molar-refractivity contribution in [2.24, 2.45) is 0 Å². The molecule has 0 bridgehead atoms. The van der Waals surface area contributed by atoms with Crippen molar-refractivity contribution in [1.82, 2.24) is 25.0 Å². The number of carbonyl (C=O) groups excluding carboxylic acids is 2. The van der Waals surface area contributed by atoms with E-state index in [1.807, 2.05) is 68.6 Å². The number of benzene rings is 2. The predicted octanol–water partition coefficient (Wildman–Crippen LogP) is 1.66. The fourth-order valence-corrected chi connectivity index (χ4v) is 4.06. The third-order valence-electron chi connectivity index (χ3n) is 6.20. The summed E-state index contributed by atoms with van der Waals surface area (Å²) in [6, 6.07) is 17.2. The Hall–Kier alpha value is -3.52. The maximum atomic E-state index is 13.4. The number of hydrogen-bond acceptors (Lipinski definition) is 4. The Morgan fingerprint density at radius 2 is 1.81 bits per heavy atom. The highest BCUT2D eigenvalue weighted by Gasteiger charge is 2.52. The summed E-state index contributed by atoms with van der Waals surface area (Å²) >= 11 is 0. The van der Waals surface area contributed by atoms with Crippen molar-refractivity contribution in [3.63, 3.8) is 0 Å². The zero-order chi connectivity index (χ0) is 22.0. The molecule has 1 saturated heterocycles. The van der Waals surface area contributed by atoms with Crippen molar-refractivity contribution in [2.75, 3.05) is 13.7 Å². The molecule has 8 nitrogen and oxygen atoms in total. The molecule has 3 atom stereocenters. The molecule has 3 aromatic rings. The van der Waals surface area contributed by atoms with Crippen LogP contribution in [0.25, 0.3) is 5.69 Å². The van der Waals surface area contributed by atoms with Gasteiger partial charge in [0.25, 0.3) is 5.91 Å². The molecular weight excluding hydrogens is 392 g/mol. The molecule has 2 aromatic carbocycles. The second-order valence-corrected chi connectivity index (χ2v) is 7.95. The van der Waals surface area contributed by atoms with Gasteiger partial charge in [0.2, 0.25) is 0 Å². The average molecular weight is 420 g/mol. The summed E-state index contributed by atoms with van der Waals surface area (Å²) in [5.41, 5.74) is 1.85. The van der Waals surface area contributed by atoms with Gasteiger partial charge in [0.15, 0.2) is 6.67 Å². The Balaban J connectivity index is 1.49. The quantitative estimate of drug-likeness (QED) is 0.571. The summed E-state index contributed by atoms with van der Waals surface area (Å²) in [6.07, 6.45) is 3.65. The number of aromatic nitrogens is 3. The van der Waals surface area contributed by atoms with E-state index in [-0.39, 0.29) is 24.6 Å². The van der Waals surface area contributed by atoms with E-state index in [4.69, 9.17) is 0 Å². The number of nitrogens with zero attached hydrogens (tertiary/aromatic N) is 4. The van der Waals surface area contributed by atoms with E-state index in [2.05, 4.69) is 22.3 Å².